The highest BCUT2D eigenvalue weighted by atomic mass is 32.1. The molecular formula is C19H17N5OS. The lowest BCUT2D eigenvalue weighted by Gasteiger charge is -2.04. The van der Waals surface area contributed by atoms with Crippen LogP contribution >= 0.6 is 11.3 Å². The standard InChI is InChI=1S/C19H17N5OS/c1-12-17(15-11-21-16-5-3-4-10-24(15)16)26-19(22-12)23-14-8-6-13(7-9-14)18(25)20-2/h3-11H,1-2H3,(H,20,25)(H,22,23). The van der Waals surface area contributed by atoms with Gasteiger partial charge in [0, 0.05) is 24.5 Å². The first kappa shape index (κ1) is 16.3. The number of carbonyl (C=O) groups excluding carboxylic acids is 1. The van der Waals surface area contributed by atoms with Crippen LogP contribution in [0, 0.1) is 6.92 Å². The number of anilines is 2. The van der Waals surface area contributed by atoms with Crippen LogP contribution in [0.5, 0.6) is 0 Å². The Bertz CT molecular complexity index is 1080. The molecule has 26 heavy (non-hydrogen) atoms. The highest BCUT2D eigenvalue weighted by molar-refractivity contribution is 7.19. The van der Waals surface area contributed by atoms with Crippen molar-refractivity contribution in [3.63, 3.8) is 0 Å². The van der Waals surface area contributed by atoms with Crippen LogP contribution in [0.3, 0.4) is 0 Å². The molecule has 0 saturated heterocycles. The molecular weight excluding hydrogens is 346 g/mol. The van der Waals surface area contributed by atoms with E-state index in [9.17, 15) is 4.79 Å². The van der Waals surface area contributed by atoms with Crippen molar-refractivity contribution >= 4 is 33.7 Å². The number of amides is 1. The van der Waals surface area contributed by atoms with Crippen LogP contribution in [0.25, 0.3) is 16.2 Å². The molecule has 0 bridgehead atoms. The second-order valence-corrected chi connectivity index (χ2v) is 6.79. The molecule has 2 N–H and O–H groups in total. The molecule has 0 atom stereocenters. The van der Waals surface area contributed by atoms with Crippen molar-refractivity contribution in [2.75, 3.05) is 12.4 Å². The lowest BCUT2D eigenvalue weighted by Crippen LogP contribution is -2.17. The first-order valence-electron chi connectivity index (χ1n) is 8.15. The third kappa shape index (κ3) is 2.93. The zero-order chi connectivity index (χ0) is 18.1. The Morgan fingerprint density at radius 1 is 1.15 bits per heavy atom. The van der Waals surface area contributed by atoms with Crippen LogP contribution in [-0.2, 0) is 0 Å². The van der Waals surface area contributed by atoms with Gasteiger partial charge in [-0.15, -0.1) is 0 Å². The molecule has 1 aromatic carbocycles. The van der Waals surface area contributed by atoms with Crippen molar-refractivity contribution in [2.24, 2.45) is 0 Å². The molecule has 0 aliphatic carbocycles. The van der Waals surface area contributed by atoms with Gasteiger partial charge in [0.15, 0.2) is 5.13 Å². The summed E-state index contributed by atoms with van der Waals surface area (Å²) in [6, 6.07) is 13.3. The topological polar surface area (TPSA) is 71.3 Å². The van der Waals surface area contributed by atoms with Crippen molar-refractivity contribution in [3.8, 4) is 10.6 Å². The van der Waals surface area contributed by atoms with Crippen molar-refractivity contribution in [1.82, 2.24) is 19.7 Å². The number of hydrogen-bond acceptors (Lipinski definition) is 5. The summed E-state index contributed by atoms with van der Waals surface area (Å²) in [5.74, 6) is -0.100. The van der Waals surface area contributed by atoms with Crippen LogP contribution in [-0.4, -0.2) is 27.3 Å². The number of rotatable bonds is 4. The van der Waals surface area contributed by atoms with Gasteiger partial charge < -0.3 is 10.6 Å². The van der Waals surface area contributed by atoms with Crippen molar-refractivity contribution < 1.29 is 4.79 Å². The molecule has 130 valence electrons. The van der Waals surface area contributed by atoms with Crippen molar-refractivity contribution in [1.29, 1.82) is 0 Å². The Balaban J connectivity index is 1.62. The zero-order valence-corrected chi connectivity index (χ0v) is 15.2. The number of nitrogens with zero attached hydrogens (tertiary/aromatic N) is 3. The van der Waals surface area contributed by atoms with Crippen molar-refractivity contribution in [3.05, 3.63) is 66.1 Å². The third-order valence-corrected chi connectivity index (χ3v) is 5.17. The highest BCUT2D eigenvalue weighted by Gasteiger charge is 2.14. The van der Waals surface area contributed by atoms with E-state index in [0.29, 0.717) is 5.56 Å². The quantitative estimate of drug-likeness (QED) is 0.577. The van der Waals surface area contributed by atoms with E-state index in [4.69, 9.17) is 0 Å². The lowest BCUT2D eigenvalue weighted by molar-refractivity contribution is 0.0963. The average Bonchev–Trinajstić information content (AvgIpc) is 3.24. The first-order valence-corrected chi connectivity index (χ1v) is 8.96. The van der Waals surface area contributed by atoms with Crippen LogP contribution in [0.1, 0.15) is 16.1 Å². The van der Waals surface area contributed by atoms with Gasteiger partial charge >= 0.3 is 0 Å². The highest BCUT2D eigenvalue weighted by Crippen LogP contribution is 2.34. The first-order chi connectivity index (χ1) is 12.7. The summed E-state index contributed by atoms with van der Waals surface area (Å²) in [5.41, 5.74) is 4.40. The molecule has 4 rings (SSSR count). The fraction of sp³-hybridized carbons (Fsp3) is 0.105. The smallest absolute Gasteiger partial charge is 0.251 e. The minimum Gasteiger partial charge on any atom is -0.355 e. The molecule has 0 spiro atoms. The summed E-state index contributed by atoms with van der Waals surface area (Å²) in [5, 5.41) is 6.72. The van der Waals surface area contributed by atoms with Gasteiger partial charge in [-0.3, -0.25) is 9.20 Å². The van der Waals surface area contributed by atoms with Gasteiger partial charge in [0.1, 0.15) is 5.65 Å². The SMILES string of the molecule is CNC(=O)c1ccc(Nc2nc(C)c(-c3cnc4ccccn34)s2)cc1. The Hall–Kier alpha value is -3.19. The zero-order valence-electron chi connectivity index (χ0n) is 14.4. The summed E-state index contributed by atoms with van der Waals surface area (Å²) in [4.78, 5) is 21.8. The molecule has 0 unspecified atom stereocenters. The van der Waals surface area contributed by atoms with Crippen LogP contribution in [0.15, 0.2) is 54.9 Å². The molecule has 1 amide bonds. The lowest BCUT2D eigenvalue weighted by atomic mass is 10.2. The Morgan fingerprint density at radius 3 is 2.73 bits per heavy atom. The van der Waals surface area contributed by atoms with E-state index in [2.05, 4.69) is 25.0 Å². The Kier molecular flexibility index (Phi) is 4.14. The maximum atomic E-state index is 11.6. The normalized spacial score (nSPS) is 10.8. The average molecular weight is 363 g/mol. The monoisotopic (exact) mass is 363 g/mol. The number of aryl methyl sites for hydroxylation is 1. The van der Waals surface area contributed by atoms with Gasteiger partial charge in [0.25, 0.3) is 5.91 Å². The molecule has 0 aliphatic rings. The van der Waals surface area contributed by atoms with E-state index in [1.165, 1.54) is 0 Å². The number of pyridine rings is 1. The molecule has 3 heterocycles. The fourth-order valence-corrected chi connectivity index (χ4v) is 3.75. The minimum atomic E-state index is -0.100. The predicted molar refractivity (Wildman–Crippen MR) is 104 cm³/mol. The number of aromatic nitrogens is 3. The predicted octanol–water partition coefficient (Wildman–Crippen LogP) is 3.87. The van der Waals surface area contributed by atoms with Crippen LogP contribution in [0.4, 0.5) is 10.8 Å². The molecule has 3 aromatic heterocycles. The van der Waals surface area contributed by atoms with Crippen LogP contribution < -0.4 is 10.6 Å². The molecule has 0 radical (unpaired) electrons. The third-order valence-electron chi connectivity index (χ3n) is 4.07. The van der Waals surface area contributed by atoms with E-state index >= 15 is 0 Å². The van der Waals surface area contributed by atoms with E-state index in [1.807, 2.05) is 49.6 Å². The summed E-state index contributed by atoms with van der Waals surface area (Å²) < 4.78 is 2.06. The number of carbonyl (C=O) groups is 1. The summed E-state index contributed by atoms with van der Waals surface area (Å²) in [7, 11) is 1.62. The van der Waals surface area contributed by atoms with E-state index in [-0.39, 0.29) is 5.91 Å². The maximum absolute atomic E-state index is 11.6. The molecule has 0 fully saturated rings. The van der Waals surface area contributed by atoms with E-state index in [1.54, 1.807) is 30.5 Å². The van der Waals surface area contributed by atoms with Gasteiger partial charge in [-0.2, -0.15) is 0 Å². The number of benzene rings is 1. The van der Waals surface area contributed by atoms with Crippen LogP contribution in [0.2, 0.25) is 0 Å². The Labute approximate surface area is 154 Å². The van der Waals surface area contributed by atoms with E-state index in [0.717, 1.165) is 32.7 Å². The number of nitrogens with one attached hydrogen (secondary N) is 2. The van der Waals surface area contributed by atoms with Gasteiger partial charge in [0.05, 0.1) is 22.5 Å². The second kappa shape index (κ2) is 6.61. The minimum absolute atomic E-state index is 0.100. The Morgan fingerprint density at radius 2 is 1.96 bits per heavy atom. The van der Waals surface area contributed by atoms with Gasteiger partial charge in [-0.1, -0.05) is 17.4 Å². The fourth-order valence-electron chi connectivity index (χ4n) is 2.76. The number of fused-ring (bicyclic) bond motifs is 1. The van der Waals surface area contributed by atoms with Gasteiger partial charge in [0.2, 0.25) is 0 Å². The molecule has 4 aromatic rings. The largest absolute Gasteiger partial charge is 0.355 e. The second-order valence-electron chi connectivity index (χ2n) is 5.79. The van der Waals surface area contributed by atoms with Gasteiger partial charge in [-0.25, -0.2) is 9.97 Å². The molecule has 0 saturated carbocycles. The molecule has 7 heteroatoms. The number of thiazole rings is 1. The summed E-state index contributed by atoms with van der Waals surface area (Å²) in [6.07, 6.45) is 3.87. The maximum Gasteiger partial charge on any atom is 0.251 e. The number of hydrogen-bond donors (Lipinski definition) is 2. The number of imidazole rings is 1. The molecule has 0 aliphatic heterocycles. The van der Waals surface area contributed by atoms with Crippen molar-refractivity contribution in [2.45, 2.75) is 6.92 Å². The summed E-state index contributed by atoms with van der Waals surface area (Å²) >= 11 is 1.58. The molecule has 6 nitrogen and oxygen atoms in total. The van der Waals surface area contributed by atoms with Gasteiger partial charge in [-0.05, 0) is 43.3 Å². The van der Waals surface area contributed by atoms with E-state index < -0.39 is 0 Å². The summed E-state index contributed by atoms with van der Waals surface area (Å²) in [6.45, 7) is 1.99.